The lowest BCUT2D eigenvalue weighted by atomic mass is 9.83. The first-order valence-electron chi connectivity index (χ1n) is 19.0. The first-order valence-corrected chi connectivity index (χ1v) is 19.0. The first kappa shape index (κ1) is 43.0. The molecule has 284 valence electrons. The zero-order valence-corrected chi connectivity index (χ0v) is 31.7. The summed E-state index contributed by atoms with van der Waals surface area (Å²) in [7, 11) is 3.21. The Labute approximate surface area is 301 Å². The Hall–Kier alpha value is -3.18. The average Bonchev–Trinajstić information content (AvgIpc) is 3.08. The number of benzene rings is 1. The predicted octanol–water partition coefficient (Wildman–Crippen LogP) is 4.48. The van der Waals surface area contributed by atoms with E-state index in [4.69, 9.17) is 10.5 Å². The van der Waals surface area contributed by atoms with Gasteiger partial charge >= 0.3 is 0 Å². The van der Waals surface area contributed by atoms with Gasteiger partial charge in [0, 0.05) is 26.6 Å². The lowest BCUT2D eigenvalue weighted by Gasteiger charge is -2.34. The third kappa shape index (κ3) is 16.7. The number of nitrogens with one attached hydrogen (secondary N) is 3. The minimum atomic E-state index is -1.08. The van der Waals surface area contributed by atoms with E-state index in [-0.39, 0.29) is 36.0 Å². The summed E-state index contributed by atoms with van der Waals surface area (Å²) in [6, 6.07) is 5.13. The van der Waals surface area contributed by atoms with Crippen LogP contribution >= 0.6 is 0 Å². The molecule has 0 unspecified atom stereocenters. The third-order valence-electron chi connectivity index (χ3n) is 9.69. The highest BCUT2D eigenvalue weighted by atomic mass is 16.5. The van der Waals surface area contributed by atoms with E-state index in [0.717, 1.165) is 56.9 Å². The van der Waals surface area contributed by atoms with E-state index >= 15 is 0 Å². The van der Waals surface area contributed by atoms with Crippen LogP contribution in [-0.2, 0) is 25.6 Å². The van der Waals surface area contributed by atoms with Crippen LogP contribution in [0.1, 0.15) is 117 Å². The number of ether oxygens (including phenoxy) is 1. The summed E-state index contributed by atoms with van der Waals surface area (Å²) in [5, 5.41) is 20.3. The second kappa shape index (κ2) is 23.3. The van der Waals surface area contributed by atoms with Crippen LogP contribution in [-0.4, -0.2) is 85.1 Å². The van der Waals surface area contributed by atoms with E-state index in [0.29, 0.717) is 56.4 Å². The number of unbranched alkanes of at least 4 members (excludes halogenated alkanes) is 2. The molecule has 50 heavy (non-hydrogen) atoms. The molecule has 0 aromatic heterocycles. The van der Waals surface area contributed by atoms with Crippen molar-refractivity contribution in [2.45, 2.75) is 142 Å². The van der Waals surface area contributed by atoms with Crippen molar-refractivity contribution in [2.24, 2.45) is 23.5 Å². The van der Waals surface area contributed by atoms with Crippen molar-refractivity contribution in [1.82, 2.24) is 20.9 Å². The largest absolute Gasteiger partial charge is 0.497 e. The van der Waals surface area contributed by atoms with Crippen LogP contribution in [0.15, 0.2) is 24.3 Å². The highest BCUT2D eigenvalue weighted by molar-refractivity contribution is 5.90. The normalized spacial score (nSPS) is 16.0. The first-order chi connectivity index (χ1) is 23.8. The molecule has 1 aliphatic carbocycles. The van der Waals surface area contributed by atoms with Crippen molar-refractivity contribution in [2.75, 3.05) is 27.2 Å². The smallest absolute Gasteiger partial charge is 0.243 e. The fourth-order valence-electron chi connectivity index (χ4n) is 6.59. The van der Waals surface area contributed by atoms with Crippen LogP contribution in [0.5, 0.6) is 5.75 Å². The number of carbonyl (C=O) groups excluding carboxylic acids is 4. The fraction of sp³-hybridized carbons (Fsp3) is 0.744. The number of nitrogens with zero attached hydrogens (tertiary/aromatic N) is 1. The highest BCUT2D eigenvalue weighted by Crippen LogP contribution is 2.29. The molecule has 1 saturated carbocycles. The molecule has 0 aliphatic heterocycles. The molecule has 0 saturated heterocycles. The molecule has 1 fully saturated rings. The van der Waals surface area contributed by atoms with Crippen molar-refractivity contribution in [3.8, 4) is 5.75 Å². The van der Waals surface area contributed by atoms with Gasteiger partial charge in [-0.25, -0.2) is 0 Å². The van der Waals surface area contributed by atoms with Gasteiger partial charge in [0.25, 0.3) is 0 Å². The Bertz CT molecular complexity index is 1150. The molecule has 11 heteroatoms. The summed E-state index contributed by atoms with van der Waals surface area (Å²) >= 11 is 0. The summed E-state index contributed by atoms with van der Waals surface area (Å²) in [6.07, 6.45) is 9.30. The molecular formula is C39H67N5O6. The van der Waals surface area contributed by atoms with E-state index < -0.39 is 24.2 Å². The van der Waals surface area contributed by atoms with Gasteiger partial charge in [0.1, 0.15) is 11.8 Å². The Morgan fingerprint density at radius 2 is 1.58 bits per heavy atom. The van der Waals surface area contributed by atoms with Crippen molar-refractivity contribution in [1.29, 1.82) is 0 Å². The van der Waals surface area contributed by atoms with Crippen LogP contribution in [0, 0.1) is 17.8 Å². The standard InChI is InChI=1S/C39H67N5O6/c1-27(2)20-22-42-36(46)15-11-8-12-21-41-37(47)26-35(45)33(25-29-13-9-7-10-14-29)43-38(48)34(23-28(3)4)44(5)39(49)32(40)24-30-16-18-31(50-6)19-17-30/h16-19,27-29,32-35,45H,7-15,20-26,40H2,1-6H3,(H,41,47)(H,42,46)(H,43,48)/t32-,33-,34-,35-/m0/s1. The Morgan fingerprint density at radius 1 is 0.920 bits per heavy atom. The number of rotatable bonds is 23. The van der Waals surface area contributed by atoms with Gasteiger partial charge in [-0.1, -0.05) is 78.4 Å². The van der Waals surface area contributed by atoms with Crippen LogP contribution in [0.2, 0.25) is 0 Å². The molecule has 0 heterocycles. The minimum absolute atomic E-state index is 0.0615. The van der Waals surface area contributed by atoms with Gasteiger partial charge in [0.05, 0.1) is 31.7 Å². The molecule has 1 aliphatic rings. The maximum Gasteiger partial charge on any atom is 0.243 e. The number of likely N-dealkylation sites (N-methyl/N-ethyl adjacent to an activating group) is 1. The third-order valence-corrected chi connectivity index (χ3v) is 9.69. The number of carbonyl (C=O) groups is 4. The van der Waals surface area contributed by atoms with Crippen molar-refractivity contribution < 1.29 is 29.0 Å². The number of nitrogens with two attached hydrogens (primary N) is 1. The Morgan fingerprint density at radius 3 is 2.20 bits per heavy atom. The number of amides is 4. The zero-order valence-electron chi connectivity index (χ0n) is 31.7. The van der Waals surface area contributed by atoms with Gasteiger partial charge in [-0.3, -0.25) is 19.2 Å². The molecule has 6 N–H and O–H groups in total. The molecule has 1 aromatic rings. The molecule has 0 bridgehead atoms. The topological polar surface area (TPSA) is 163 Å². The van der Waals surface area contributed by atoms with Gasteiger partial charge in [0.15, 0.2) is 0 Å². The van der Waals surface area contributed by atoms with E-state index in [1.807, 2.05) is 38.1 Å². The lowest BCUT2D eigenvalue weighted by molar-refractivity contribution is -0.141. The number of methoxy groups -OCH3 is 1. The maximum absolute atomic E-state index is 13.9. The number of hydrogen-bond donors (Lipinski definition) is 5. The zero-order chi connectivity index (χ0) is 37.1. The Balaban J connectivity index is 1.98. The molecule has 4 amide bonds. The summed E-state index contributed by atoms with van der Waals surface area (Å²) in [6.45, 7) is 9.41. The molecular weight excluding hydrogens is 634 g/mol. The van der Waals surface area contributed by atoms with Crippen LogP contribution < -0.4 is 26.4 Å². The summed E-state index contributed by atoms with van der Waals surface area (Å²) in [5.74, 6) is 0.829. The number of aliphatic hydroxyl groups is 1. The van der Waals surface area contributed by atoms with E-state index in [1.165, 1.54) is 11.3 Å². The fourth-order valence-corrected chi connectivity index (χ4v) is 6.59. The molecule has 0 spiro atoms. The van der Waals surface area contributed by atoms with Crippen molar-refractivity contribution in [3.63, 3.8) is 0 Å². The minimum Gasteiger partial charge on any atom is -0.497 e. The SMILES string of the molecule is COc1ccc(C[C@H](N)C(=O)N(C)[C@@H](CC(C)C)C(=O)N[C@@H](CC2CCCCC2)[C@@H](O)CC(=O)NCCCCCC(=O)NCCC(C)C)cc1. The summed E-state index contributed by atoms with van der Waals surface area (Å²) < 4.78 is 5.22. The molecule has 4 atom stereocenters. The second-order valence-electron chi connectivity index (χ2n) is 15.1. The van der Waals surface area contributed by atoms with Gasteiger partial charge in [0.2, 0.25) is 23.6 Å². The quantitative estimate of drug-likeness (QED) is 0.105. The number of hydrogen-bond acceptors (Lipinski definition) is 7. The van der Waals surface area contributed by atoms with Crippen LogP contribution in [0.3, 0.4) is 0 Å². The van der Waals surface area contributed by atoms with E-state index in [9.17, 15) is 24.3 Å². The monoisotopic (exact) mass is 702 g/mol. The average molecular weight is 702 g/mol. The summed E-state index contributed by atoms with van der Waals surface area (Å²) in [5.41, 5.74) is 7.26. The maximum atomic E-state index is 13.9. The highest BCUT2D eigenvalue weighted by Gasteiger charge is 2.34. The Kier molecular flexibility index (Phi) is 20.1. The number of aliphatic hydroxyl groups excluding tert-OH is 1. The van der Waals surface area contributed by atoms with Gasteiger partial charge in [-0.15, -0.1) is 0 Å². The van der Waals surface area contributed by atoms with Gasteiger partial charge in [-0.2, -0.15) is 0 Å². The molecule has 0 radical (unpaired) electrons. The van der Waals surface area contributed by atoms with E-state index in [2.05, 4.69) is 29.8 Å². The second-order valence-corrected chi connectivity index (χ2v) is 15.1. The van der Waals surface area contributed by atoms with Gasteiger partial charge < -0.3 is 36.4 Å². The van der Waals surface area contributed by atoms with Gasteiger partial charge in [-0.05, 0) is 74.0 Å². The molecule has 11 nitrogen and oxygen atoms in total. The van der Waals surface area contributed by atoms with Crippen LogP contribution in [0.25, 0.3) is 0 Å². The lowest BCUT2D eigenvalue weighted by Crippen LogP contribution is -2.56. The molecule has 1 aromatic carbocycles. The summed E-state index contributed by atoms with van der Waals surface area (Å²) in [4.78, 5) is 53.7. The van der Waals surface area contributed by atoms with Crippen molar-refractivity contribution in [3.05, 3.63) is 29.8 Å². The van der Waals surface area contributed by atoms with Crippen molar-refractivity contribution >= 4 is 23.6 Å². The predicted molar refractivity (Wildman–Crippen MR) is 198 cm³/mol. The van der Waals surface area contributed by atoms with E-state index in [1.54, 1.807) is 14.2 Å². The molecule has 2 rings (SSSR count). The van der Waals surface area contributed by atoms with Crippen LogP contribution in [0.4, 0.5) is 0 Å².